The summed E-state index contributed by atoms with van der Waals surface area (Å²) in [5.41, 5.74) is 8.85. The lowest BCUT2D eigenvalue weighted by atomic mass is 9.84. The van der Waals surface area contributed by atoms with E-state index in [1.807, 2.05) is 0 Å². The van der Waals surface area contributed by atoms with Crippen LogP contribution in [0.25, 0.3) is 55.0 Å². The average molecular weight is 749 g/mol. The molecule has 11 rings (SSSR count). The van der Waals surface area contributed by atoms with Gasteiger partial charge in [-0.15, -0.1) is 0 Å². The fourth-order valence-electron chi connectivity index (χ4n) is 10.3. The van der Waals surface area contributed by atoms with Crippen molar-refractivity contribution in [3.8, 4) is 11.4 Å². The van der Waals surface area contributed by atoms with E-state index in [1.165, 1.54) is 113 Å². The molecular formula is C54H44N2Si. The van der Waals surface area contributed by atoms with Crippen molar-refractivity contribution in [2.75, 3.05) is 0 Å². The third-order valence-electron chi connectivity index (χ3n) is 12.8. The number of para-hydroxylation sites is 3. The molecule has 0 N–H and O–H groups in total. The van der Waals surface area contributed by atoms with Gasteiger partial charge >= 0.3 is 0 Å². The van der Waals surface area contributed by atoms with E-state index in [0.717, 1.165) is 0 Å². The topological polar surface area (TPSA) is 9.86 Å². The van der Waals surface area contributed by atoms with Crippen molar-refractivity contribution in [3.05, 3.63) is 206 Å². The van der Waals surface area contributed by atoms with E-state index in [9.17, 15) is 0 Å². The normalized spacial score (nSPS) is 13.9. The maximum absolute atomic E-state index is 2.76. The molecule has 2 heterocycles. The molecule has 2 nitrogen and oxygen atoms in total. The van der Waals surface area contributed by atoms with Crippen LogP contribution in [-0.2, 0) is 0 Å². The third kappa shape index (κ3) is 5.37. The zero-order valence-corrected chi connectivity index (χ0v) is 33.1. The second-order valence-corrected chi connectivity index (χ2v) is 19.7. The van der Waals surface area contributed by atoms with Gasteiger partial charge in [0.25, 0.3) is 0 Å². The Bertz CT molecular complexity index is 2950. The lowest BCUT2D eigenvalue weighted by molar-refractivity contribution is 0.444. The zero-order valence-electron chi connectivity index (χ0n) is 32.1. The summed E-state index contributed by atoms with van der Waals surface area (Å²) in [5, 5.41) is 10.6. The lowest BCUT2D eigenvalue weighted by Crippen LogP contribution is -2.74. The first-order valence-electron chi connectivity index (χ1n) is 20.6. The van der Waals surface area contributed by atoms with E-state index in [1.54, 1.807) is 0 Å². The number of rotatable bonds is 7. The van der Waals surface area contributed by atoms with Crippen LogP contribution in [0.4, 0.5) is 0 Å². The van der Waals surface area contributed by atoms with Crippen LogP contribution in [0, 0.1) is 0 Å². The van der Waals surface area contributed by atoms with Gasteiger partial charge in [0.05, 0.1) is 27.8 Å². The molecule has 1 aliphatic rings. The molecular weight excluding hydrogens is 705 g/mol. The van der Waals surface area contributed by atoms with Crippen molar-refractivity contribution in [1.29, 1.82) is 0 Å². The minimum absolute atomic E-state index is 0.628. The van der Waals surface area contributed by atoms with Gasteiger partial charge in [-0.3, -0.25) is 0 Å². The summed E-state index contributed by atoms with van der Waals surface area (Å²) in [6.07, 6.45) is 6.58. The van der Waals surface area contributed by atoms with Crippen molar-refractivity contribution < 1.29 is 0 Å². The number of fused-ring (bicyclic) bond motifs is 6. The summed E-state index contributed by atoms with van der Waals surface area (Å²) in [6.45, 7) is 0. The molecule has 0 aliphatic heterocycles. The van der Waals surface area contributed by atoms with Gasteiger partial charge < -0.3 is 9.13 Å². The Labute approximate surface area is 335 Å². The Morgan fingerprint density at radius 2 is 0.877 bits per heavy atom. The maximum atomic E-state index is 2.56. The Morgan fingerprint density at radius 1 is 0.368 bits per heavy atom. The monoisotopic (exact) mass is 748 g/mol. The molecule has 3 heteroatoms. The van der Waals surface area contributed by atoms with Crippen molar-refractivity contribution >= 4 is 72.4 Å². The molecule has 0 radical (unpaired) electrons. The Balaban J connectivity index is 1.22. The quantitative estimate of drug-likeness (QED) is 0.113. The van der Waals surface area contributed by atoms with Gasteiger partial charge in [0, 0.05) is 27.2 Å². The first kappa shape index (κ1) is 33.9. The van der Waals surface area contributed by atoms with Crippen LogP contribution in [0.1, 0.15) is 43.6 Å². The minimum atomic E-state index is -2.76. The van der Waals surface area contributed by atoms with Crippen molar-refractivity contribution in [2.24, 2.45) is 0 Å². The Kier molecular flexibility index (Phi) is 8.29. The summed E-state index contributed by atoms with van der Waals surface area (Å²) in [4.78, 5) is 0. The van der Waals surface area contributed by atoms with E-state index in [2.05, 4.69) is 209 Å². The highest BCUT2D eigenvalue weighted by atomic mass is 28.3. The molecule has 1 fully saturated rings. The predicted molar refractivity (Wildman–Crippen MR) is 245 cm³/mol. The van der Waals surface area contributed by atoms with Crippen LogP contribution >= 0.6 is 0 Å². The molecule has 0 amide bonds. The minimum Gasteiger partial charge on any atom is -0.307 e. The van der Waals surface area contributed by atoms with E-state index in [-0.39, 0.29) is 0 Å². The smallest absolute Gasteiger partial charge is 0.179 e. The van der Waals surface area contributed by atoms with Crippen molar-refractivity contribution in [3.63, 3.8) is 0 Å². The second kappa shape index (κ2) is 13.9. The first-order valence-corrected chi connectivity index (χ1v) is 22.6. The van der Waals surface area contributed by atoms with E-state index in [4.69, 9.17) is 0 Å². The fourth-order valence-corrected chi connectivity index (χ4v) is 15.1. The van der Waals surface area contributed by atoms with Crippen LogP contribution in [0.2, 0.25) is 0 Å². The molecule has 57 heavy (non-hydrogen) atoms. The van der Waals surface area contributed by atoms with Crippen LogP contribution in [0.15, 0.2) is 200 Å². The van der Waals surface area contributed by atoms with Gasteiger partial charge in [-0.05, 0) is 81.5 Å². The first-order chi connectivity index (χ1) is 28.3. The molecule has 0 unspecified atom stereocenters. The third-order valence-corrected chi connectivity index (χ3v) is 17.6. The molecule has 0 atom stereocenters. The van der Waals surface area contributed by atoms with E-state index < -0.39 is 8.07 Å². The number of hydrogen-bond donors (Lipinski definition) is 0. The van der Waals surface area contributed by atoms with Gasteiger partial charge in [-0.1, -0.05) is 183 Å². The number of hydrogen-bond acceptors (Lipinski definition) is 0. The molecule has 274 valence electrons. The molecule has 8 aromatic carbocycles. The summed E-state index contributed by atoms with van der Waals surface area (Å²) in [6, 6.07) is 75.5. The van der Waals surface area contributed by atoms with E-state index in [0.29, 0.717) is 5.92 Å². The summed E-state index contributed by atoms with van der Waals surface area (Å²) >= 11 is 0. The van der Waals surface area contributed by atoms with Gasteiger partial charge in [-0.25, -0.2) is 0 Å². The molecule has 0 bridgehead atoms. The number of benzene rings is 8. The Morgan fingerprint density at radius 3 is 1.53 bits per heavy atom. The molecule has 2 aromatic heterocycles. The lowest BCUT2D eigenvalue weighted by Gasteiger charge is -2.34. The van der Waals surface area contributed by atoms with Crippen molar-refractivity contribution in [1.82, 2.24) is 9.13 Å². The van der Waals surface area contributed by atoms with Crippen molar-refractivity contribution in [2.45, 2.75) is 38.0 Å². The van der Waals surface area contributed by atoms with Gasteiger partial charge in [0.15, 0.2) is 8.07 Å². The van der Waals surface area contributed by atoms with Crippen LogP contribution in [-0.4, -0.2) is 17.2 Å². The number of nitrogens with zero attached hydrogens (tertiary/aromatic N) is 2. The molecule has 10 aromatic rings. The fraction of sp³-hybridized carbons (Fsp3) is 0.111. The van der Waals surface area contributed by atoms with Gasteiger partial charge in [0.2, 0.25) is 0 Å². The van der Waals surface area contributed by atoms with Crippen LogP contribution < -0.4 is 20.7 Å². The van der Waals surface area contributed by atoms with Crippen LogP contribution in [0.5, 0.6) is 0 Å². The maximum Gasteiger partial charge on any atom is 0.179 e. The highest BCUT2D eigenvalue weighted by Crippen LogP contribution is 2.41. The number of aromatic nitrogens is 2. The summed E-state index contributed by atoms with van der Waals surface area (Å²) in [7, 11) is -2.76. The summed E-state index contributed by atoms with van der Waals surface area (Å²) in [5.74, 6) is 0.628. The largest absolute Gasteiger partial charge is 0.307 e. The molecule has 0 spiro atoms. The molecule has 1 saturated carbocycles. The standard InChI is InChI=1S/C54H44N2Si/c1-5-19-39(20-6-1)40-35-36-48-46-29-13-16-33-51(46)56(53(48)37-40)52-34-18-31-49-47-30-14-15-32-50(47)55(54(49)52)41-21-17-28-45(38-41)57(42-22-7-2-8-23-42,43-24-9-3-10-25-43)44-26-11-4-12-27-44/h2-4,7-18,21-39H,1,5-6,19-20H2. The highest BCUT2D eigenvalue weighted by Gasteiger charge is 2.41. The van der Waals surface area contributed by atoms with Gasteiger partial charge in [0.1, 0.15) is 0 Å². The molecule has 1 aliphatic carbocycles. The Hall–Kier alpha value is -6.42. The highest BCUT2D eigenvalue weighted by molar-refractivity contribution is 7.19. The second-order valence-electron chi connectivity index (χ2n) is 15.9. The van der Waals surface area contributed by atoms with Crippen LogP contribution in [0.3, 0.4) is 0 Å². The average Bonchev–Trinajstić information content (AvgIpc) is 3.81. The van der Waals surface area contributed by atoms with E-state index >= 15 is 0 Å². The predicted octanol–water partition coefficient (Wildman–Crippen LogP) is 11.3. The summed E-state index contributed by atoms with van der Waals surface area (Å²) < 4.78 is 5.12. The SMILES string of the molecule is c1ccc([Si](c2ccccc2)(c2ccccc2)c2cccc(-n3c4ccccc4c4cccc(-n5c6ccccc6c6ccc(C7CCCCC7)cc65)c43)c2)cc1. The van der Waals surface area contributed by atoms with Gasteiger partial charge in [-0.2, -0.15) is 0 Å². The molecule has 0 saturated heterocycles. The zero-order chi connectivity index (χ0) is 37.8.